The van der Waals surface area contributed by atoms with Crippen molar-refractivity contribution in [2.45, 2.75) is 19.0 Å². The topological polar surface area (TPSA) is 116 Å². The number of amidine groups is 1. The molecule has 2 aliphatic rings. The van der Waals surface area contributed by atoms with E-state index in [0.717, 1.165) is 11.1 Å². The molecule has 0 N–H and O–H groups in total. The van der Waals surface area contributed by atoms with Crippen molar-refractivity contribution < 1.29 is 22.7 Å². The first kappa shape index (κ1) is 36.3. The van der Waals surface area contributed by atoms with Gasteiger partial charge in [-0.15, -0.1) is 12.4 Å². The molecule has 2 amide bonds. The van der Waals surface area contributed by atoms with E-state index in [1.54, 1.807) is 46.2 Å². The van der Waals surface area contributed by atoms with Crippen LogP contribution >= 0.6 is 35.6 Å². The molecule has 250 valence electrons. The fourth-order valence-corrected chi connectivity index (χ4v) is 6.57. The summed E-state index contributed by atoms with van der Waals surface area (Å²) >= 11 is 12.5. The van der Waals surface area contributed by atoms with Crippen molar-refractivity contribution in [1.29, 1.82) is 5.26 Å². The molecule has 2 atom stereocenters. The number of piperazine rings is 1. The lowest BCUT2D eigenvalue weighted by atomic mass is 9.93. The van der Waals surface area contributed by atoms with Crippen molar-refractivity contribution in [3.8, 4) is 17.6 Å². The zero-order chi connectivity index (χ0) is 33.0. The van der Waals surface area contributed by atoms with Crippen molar-refractivity contribution in [2.24, 2.45) is 4.99 Å². The summed E-state index contributed by atoms with van der Waals surface area (Å²) in [4.78, 5) is 25.4. The lowest BCUT2D eigenvalue weighted by molar-refractivity contribution is 0.122. The van der Waals surface area contributed by atoms with Gasteiger partial charge in [0.2, 0.25) is 0 Å². The molecule has 1 fully saturated rings. The van der Waals surface area contributed by atoms with E-state index < -0.39 is 21.9 Å². The second kappa shape index (κ2) is 15.6. The molecule has 0 unspecified atom stereocenters. The first-order valence-electron chi connectivity index (χ1n) is 14.8. The van der Waals surface area contributed by atoms with Crippen LogP contribution in [0.25, 0.3) is 0 Å². The minimum absolute atomic E-state index is 0. The number of ether oxygens (including phenoxy) is 2. The number of nitrogens with zero attached hydrogens (tertiary/aromatic N) is 5. The molecular weight excluding hydrogens is 685 g/mol. The number of carbonyl (C=O) groups excluding carboxylic acids is 1. The lowest BCUT2D eigenvalue weighted by Crippen LogP contribution is -2.54. The molecule has 3 aromatic carbocycles. The van der Waals surface area contributed by atoms with Crippen molar-refractivity contribution in [2.75, 3.05) is 58.4 Å². The molecule has 2 aliphatic heterocycles. The number of carbonyl (C=O) groups is 1. The highest BCUT2D eigenvalue weighted by Crippen LogP contribution is 2.46. The molecule has 0 spiro atoms. The summed E-state index contributed by atoms with van der Waals surface area (Å²) in [5.74, 6) is 1.18. The molecule has 3 aromatic rings. The van der Waals surface area contributed by atoms with E-state index >= 15 is 0 Å². The van der Waals surface area contributed by atoms with Crippen LogP contribution in [-0.4, -0.2) is 93.4 Å². The molecule has 0 radical (unpaired) electrons. The SMILES string of the molecule is CCOc1cc(OC)c(C#N)cc1C1=N[C@@H](c2ccc(Cl)cc2)[C@@H](c2ccc(Cl)cc2)N1C(=O)N1CCN(CCS(C)(=O)=O)CC1.Cl. The maximum absolute atomic E-state index is 14.7. The molecule has 1 saturated heterocycles. The van der Waals surface area contributed by atoms with Crippen LogP contribution in [0.3, 0.4) is 0 Å². The van der Waals surface area contributed by atoms with Gasteiger partial charge >= 0.3 is 6.03 Å². The van der Waals surface area contributed by atoms with E-state index in [-0.39, 0.29) is 29.8 Å². The third-order valence-electron chi connectivity index (χ3n) is 8.08. The van der Waals surface area contributed by atoms with Gasteiger partial charge in [0, 0.05) is 55.1 Å². The highest BCUT2D eigenvalue weighted by Gasteiger charge is 2.45. The number of hydrogen-bond acceptors (Lipinski definition) is 8. The van der Waals surface area contributed by atoms with Crippen LogP contribution in [0.4, 0.5) is 4.79 Å². The average molecular weight is 721 g/mol. The molecule has 0 saturated carbocycles. The highest BCUT2D eigenvalue weighted by atomic mass is 35.5. The lowest BCUT2D eigenvalue weighted by Gasteiger charge is -2.39. The minimum atomic E-state index is -3.11. The first-order chi connectivity index (χ1) is 22.0. The summed E-state index contributed by atoms with van der Waals surface area (Å²) in [6.07, 6.45) is 1.22. The van der Waals surface area contributed by atoms with Crippen LogP contribution in [-0.2, 0) is 9.84 Å². The Morgan fingerprint density at radius 1 is 0.979 bits per heavy atom. The van der Waals surface area contributed by atoms with Gasteiger partial charge in [-0.05, 0) is 48.4 Å². The normalized spacial score (nSPS) is 18.3. The fraction of sp³-hybridized carbons (Fsp3) is 0.364. The third-order valence-corrected chi connectivity index (χ3v) is 9.51. The van der Waals surface area contributed by atoms with Crippen LogP contribution < -0.4 is 9.47 Å². The zero-order valence-corrected chi connectivity index (χ0v) is 29.4. The zero-order valence-electron chi connectivity index (χ0n) is 26.2. The van der Waals surface area contributed by atoms with Crippen molar-refractivity contribution in [1.82, 2.24) is 14.7 Å². The predicted molar refractivity (Wildman–Crippen MR) is 186 cm³/mol. The quantitative estimate of drug-likeness (QED) is 0.266. The van der Waals surface area contributed by atoms with Crippen molar-refractivity contribution in [3.05, 3.63) is 93.0 Å². The number of amides is 2. The average Bonchev–Trinajstić information content (AvgIpc) is 3.44. The molecule has 5 rings (SSSR count). The molecule has 0 aromatic heterocycles. The van der Waals surface area contributed by atoms with E-state index in [4.69, 9.17) is 37.7 Å². The number of halogens is 3. The van der Waals surface area contributed by atoms with Crippen LogP contribution in [0.1, 0.15) is 41.3 Å². The number of urea groups is 1. The number of rotatable bonds is 9. The molecule has 2 heterocycles. The summed E-state index contributed by atoms with van der Waals surface area (Å²) < 4.78 is 35.0. The Morgan fingerprint density at radius 3 is 2.11 bits per heavy atom. The Labute approximate surface area is 291 Å². The monoisotopic (exact) mass is 719 g/mol. The summed E-state index contributed by atoms with van der Waals surface area (Å²) in [6, 6.07) is 18.8. The van der Waals surface area contributed by atoms with Crippen LogP contribution in [0.15, 0.2) is 65.7 Å². The molecular formula is C33H36Cl3N5O5S. The van der Waals surface area contributed by atoms with E-state index in [2.05, 4.69) is 6.07 Å². The third kappa shape index (κ3) is 8.31. The first-order valence-corrected chi connectivity index (χ1v) is 17.7. The molecule has 14 heteroatoms. The Hall–Kier alpha value is -3.53. The smallest absolute Gasteiger partial charge is 0.326 e. The maximum atomic E-state index is 14.7. The highest BCUT2D eigenvalue weighted by molar-refractivity contribution is 7.90. The van der Waals surface area contributed by atoms with E-state index in [1.807, 2.05) is 36.1 Å². The van der Waals surface area contributed by atoms with E-state index in [1.165, 1.54) is 13.4 Å². The van der Waals surface area contributed by atoms with Gasteiger partial charge in [-0.1, -0.05) is 47.5 Å². The maximum Gasteiger partial charge on any atom is 0.326 e. The van der Waals surface area contributed by atoms with Gasteiger partial charge < -0.3 is 14.4 Å². The van der Waals surface area contributed by atoms with Gasteiger partial charge in [0.15, 0.2) is 0 Å². The number of hydrogen-bond donors (Lipinski definition) is 0. The molecule has 0 bridgehead atoms. The van der Waals surface area contributed by atoms with Crippen LogP contribution in [0.5, 0.6) is 11.5 Å². The molecule has 47 heavy (non-hydrogen) atoms. The Kier molecular flexibility index (Phi) is 12.0. The van der Waals surface area contributed by atoms with Crippen LogP contribution in [0.2, 0.25) is 10.0 Å². The number of nitriles is 1. The van der Waals surface area contributed by atoms with Crippen molar-refractivity contribution in [3.63, 3.8) is 0 Å². The van der Waals surface area contributed by atoms with Gasteiger partial charge in [-0.2, -0.15) is 5.26 Å². The van der Waals surface area contributed by atoms with Crippen LogP contribution in [0, 0.1) is 11.3 Å². The molecule has 10 nitrogen and oxygen atoms in total. The van der Waals surface area contributed by atoms with Gasteiger partial charge in [-0.3, -0.25) is 14.8 Å². The number of methoxy groups -OCH3 is 1. The van der Waals surface area contributed by atoms with Gasteiger partial charge in [0.05, 0.1) is 36.6 Å². The largest absolute Gasteiger partial charge is 0.495 e. The van der Waals surface area contributed by atoms with Crippen molar-refractivity contribution >= 4 is 57.3 Å². The second-order valence-corrected chi connectivity index (χ2v) is 14.3. The summed E-state index contributed by atoms with van der Waals surface area (Å²) in [5.41, 5.74) is 2.41. The Morgan fingerprint density at radius 2 is 1.57 bits per heavy atom. The second-order valence-electron chi connectivity index (χ2n) is 11.2. The minimum Gasteiger partial charge on any atom is -0.495 e. The van der Waals surface area contributed by atoms with Gasteiger partial charge in [0.1, 0.15) is 39.3 Å². The Bertz CT molecular complexity index is 1760. The van der Waals surface area contributed by atoms with E-state index in [9.17, 15) is 18.5 Å². The predicted octanol–water partition coefficient (Wildman–Crippen LogP) is 6.02. The Balaban J connectivity index is 0.00000500. The number of aliphatic imine (C=N–C) groups is 1. The summed E-state index contributed by atoms with van der Waals surface area (Å²) in [5, 5.41) is 11.1. The molecule has 0 aliphatic carbocycles. The standard InChI is InChI=1S/C33H35Cl2N5O5S.ClH/c1-4-45-29-20-28(44-2)24(21-36)19-27(29)32-37-30(22-5-9-25(34)10-6-22)31(23-7-11-26(35)12-8-23)40(32)33(41)39-15-13-38(14-16-39)17-18-46(3,42)43;/h5-12,19-20,30-31H,4,13-18H2,1-3H3;1H/t30-,31+;/m0./s1. The van der Waals surface area contributed by atoms with Gasteiger partial charge in [0.25, 0.3) is 0 Å². The fourth-order valence-electron chi connectivity index (χ4n) is 5.73. The summed E-state index contributed by atoms with van der Waals surface area (Å²) in [6.45, 7) is 4.44. The summed E-state index contributed by atoms with van der Waals surface area (Å²) in [7, 11) is -1.62. The number of sulfone groups is 1. The number of benzene rings is 3. The van der Waals surface area contributed by atoms with E-state index in [0.29, 0.717) is 72.3 Å². The van der Waals surface area contributed by atoms with Gasteiger partial charge in [-0.25, -0.2) is 13.2 Å².